The molecular formula is C14H14ClN5. The van der Waals surface area contributed by atoms with Crippen molar-refractivity contribution in [2.75, 3.05) is 0 Å². The zero-order valence-electron chi connectivity index (χ0n) is 10.7. The molecule has 0 aliphatic heterocycles. The fraction of sp³-hybridized carbons (Fsp3) is 0.0714. The number of para-hydroxylation sites is 1. The molecule has 0 aliphatic carbocycles. The van der Waals surface area contributed by atoms with Crippen molar-refractivity contribution in [1.29, 1.82) is 5.41 Å². The predicted molar refractivity (Wildman–Crippen MR) is 81.3 cm³/mol. The number of nitrogens with one attached hydrogen (secondary N) is 1. The van der Waals surface area contributed by atoms with Gasteiger partial charge in [-0.05, 0) is 17.7 Å². The van der Waals surface area contributed by atoms with Gasteiger partial charge in [-0.3, -0.25) is 5.41 Å². The first kappa shape index (κ1) is 14.0. The van der Waals surface area contributed by atoms with Gasteiger partial charge in [0.1, 0.15) is 11.4 Å². The van der Waals surface area contributed by atoms with Crippen molar-refractivity contribution in [3.05, 3.63) is 59.7 Å². The van der Waals surface area contributed by atoms with Gasteiger partial charge in [-0.1, -0.05) is 41.6 Å². The molecule has 0 spiro atoms. The highest BCUT2D eigenvalue weighted by Crippen LogP contribution is 2.14. The van der Waals surface area contributed by atoms with Gasteiger partial charge in [-0.15, -0.1) is 17.5 Å². The number of halogens is 1. The monoisotopic (exact) mass is 287 g/mol. The van der Waals surface area contributed by atoms with E-state index in [1.165, 1.54) is 0 Å². The summed E-state index contributed by atoms with van der Waals surface area (Å²) in [5, 5.41) is 15.9. The number of amidine groups is 1. The zero-order chi connectivity index (χ0) is 13.2. The average molecular weight is 288 g/mol. The Balaban J connectivity index is 0.00000147. The van der Waals surface area contributed by atoms with Gasteiger partial charge in [0, 0.05) is 5.56 Å². The van der Waals surface area contributed by atoms with Crippen molar-refractivity contribution >= 4 is 29.3 Å². The topological polar surface area (TPSA) is 80.6 Å². The second-order valence-electron chi connectivity index (χ2n) is 4.31. The van der Waals surface area contributed by atoms with Gasteiger partial charge in [0.05, 0.1) is 12.1 Å². The summed E-state index contributed by atoms with van der Waals surface area (Å²) in [5.41, 5.74) is 9.13. The minimum Gasteiger partial charge on any atom is -0.384 e. The summed E-state index contributed by atoms with van der Waals surface area (Å²) >= 11 is 0. The number of fused-ring (bicyclic) bond motifs is 1. The van der Waals surface area contributed by atoms with Crippen LogP contribution in [0.15, 0.2) is 48.5 Å². The van der Waals surface area contributed by atoms with Crippen LogP contribution in [0.5, 0.6) is 0 Å². The number of hydrogen-bond acceptors (Lipinski definition) is 3. The Morgan fingerprint density at radius 3 is 2.60 bits per heavy atom. The van der Waals surface area contributed by atoms with Crippen LogP contribution in [0.1, 0.15) is 11.1 Å². The molecule has 0 saturated heterocycles. The molecule has 1 aromatic heterocycles. The van der Waals surface area contributed by atoms with Crippen LogP contribution in [0, 0.1) is 5.41 Å². The first-order valence-corrected chi connectivity index (χ1v) is 5.96. The third-order valence-corrected chi connectivity index (χ3v) is 3.05. The SMILES string of the molecule is Cl.N=C(N)c1ccccc1Cn1nnc2ccccc21. The Kier molecular flexibility index (Phi) is 4.00. The molecule has 20 heavy (non-hydrogen) atoms. The van der Waals surface area contributed by atoms with Crippen LogP contribution in [0.3, 0.4) is 0 Å². The Bertz CT molecular complexity index is 750. The quantitative estimate of drug-likeness (QED) is 0.572. The van der Waals surface area contributed by atoms with Gasteiger partial charge < -0.3 is 5.73 Å². The molecule has 0 saturated carbocycles. The predicted octanol–water partition coefficient (Wildman–Crippen LogP) is 2.19. The molecule has 0 bridgehead atoms. The van der Waals surface area contributed by atoms with E-state index in [9.17, 15) is 0 Å². The molecule has 0 aliphatic rings. The number of benzene rings is 2. The lowest BCUT2D eigenvalue weighted by molar-refractivity contribution is 0.669. The summed E-state index contributed by atoms with van der Waals surface area (Å²) in [5.74, 6) is 0.0695. The number of nitrogens with two attached hydrogens (primary N) is 1. The highest BCUT2D eigenvalue weighted by molar-refractivity contribution is 5.96. The van der Waals surface area contributed by atoms with Crippen LogP contribution in [0.4, 0.5) is 0 Å². The van der Waals surface area contributed by atoms with Gasteiger partial charge in [0.2, 0.25) is 0 Å². The Hall–Kier alpha value is -2.40. The fourth-order valence-corrected chi connectivity index (χ4v) is 2.12. The van der Waals surface area contributed by atoms with Crippen LogP contribution in [-0.2, 0) is 6.54 Å². The van der Waals surface area contributed by atoms with E-state index >= 15 is 0 Å². The maximum atomic E-state index is 7.60. The third kappa shape index (κ3) is 2.48. The Labute approximate surface area is 122 Å². The smallest absolute Gasteiger partial charge is 0.123 e. The van der Waals surface area contributed by atoms with E-state index in [1.807, 2.05) is 53.2 Å². The molecule has 3 aromatic rings. The van der Waals surface area contributed by atoms with Gasteiger partial charge in [-0.2, -0.15) is 0 Å². The van der Waals surface area contributed by atoms with E-state index in [2.05, 4.69) is 10.3 Å². The lowest BCUT2D eigenvalue weighted by atomic mass is 10.1. The standard InChI is InChI=1S/C14H13N5.ClH/c15-14(16)11-6-2-1-5-10(11)9-19-13-8-4-3-7-12(13)17-18-19;/h1-8H,9H2,(H3,15,16);1H. The summed E-state index contributed by atoms with van der Waals surface area (Å²) in [4.78, 5) is 0. The summed E-state index contributed by atoms with van der Waals surface area (Å²) in [6, 6.07) is 15.4. The van der Waals surface area contributed by atoms with Crippen molar-refractivity contribution in [1.82, 2.24) is 15.0 Å². The zero-order valence-corrected chi connectivity index (χ0v) is 11.5. The Morgan fingerprint density at radius 2 is 1.80 bits per heavy atom. The summed E-state index contributed by atoms with van der Waals surface area (Å²) in [7, 11) is 0. The molecule has 0 radical (unpaired) electrons. The largest absolute Gasteiger partial charge is 0.384 e. The highest BCUT2D eigenvalue weighted by atomic mass is 35.5. The van der Waals surface area contributed by atoms with Crippen LogP contribution in [-0.4, -0.2) is 20.8 Å². The molecule has 0 fully saturated rings. The minimum atomic E-state index is 0. The van der Waals surface area contributed by atoms with E-state index in [0.717, 1.165) is 22.2 Å². The highest BCUT2D eigenvalue weighted by Gasteiger charge is 2.08. The number of nitrogens with zero attached hydrogens (tertiary/aromatic N) is 3. The van der Waals surface area contributed by atoms with Crippen molar-refractivity contribution in [3.8, 4) is 0 Å². The number of aromatic nitrogens is 3. The first-order valence-electron chi connectivity index (χ1n) is 5.96. The van der Waals surface area contributed by atoms with Crippen LogP contribution < -0.4 is 5.73 Å². The van der Waals surface area contributed by atoms with Crippen molar-refractivity contribution in [2.24, 2.45) is 5.73 Å². The molecule has 6 heteroatoms. The molecule has 102 valence electrons. The van der Waals surface area contributed by atoms with E-state index in [4.69, 9.17) is 11.1 Å². The van der Waals surface area contributed by atoms with Crippen molar-refractivity contribution in [3.63, 3.8) is 0 Å². The van der Waals surface area contributed by atoms with Gasteiger partial charge in [0.15, 0.2) is 0 Å². The molecule has 3 N–H and O–H groups in total. The normalized spacial score (nSPS) is 10.2. The van der Waals surface area contributed by atoms with Crippen molar-refractivity contribution in [2.45, 2.75) is 6.54 Å². The van der Waals surface area contributed by atoms with E-state index in [0.29, 0.717) is 6.54 Å². The second-order valence-corrected chi connectivity index (χ2v) is 4.31. The molecular weight excluding hydrogens is 274 g/mol. The van der Waals surface area contributed by atoms with Gasteiger partial charge in [0.25, 0.3) is 0 Å². The lowest BCUT2D eigenvalue weighted by Crippen LogP contribution is -2.15. The fourth-order valence-electron chi connectivity index (χ4n) is 2.12. The number of hydrogen-bond donors (Lipinski definition) is 2. The molecule has 0 amide bonds. The number of nitrogen functional groups attached to an aromatic ring is 1. The molecule has 5 nitrogen and oxygen atoms in total. The lowest BCUT2D eigenvalue weighted by Gasteiger charge is -2.08. The van der Waals surface area contributed by atoms with Gasteiger partial charge in [-0.25, -0.2) is 4.68 Å². The maximum Gasteiger partial charge on any atom is 0.123 e. The first-order chi connectivity index (χ1) is 9.25. The van der Waals surface area contributed by atoms with Crippen molar-refractivity contribution < 1.29 is 0 Å². The molecule has 0 atom stereocenters. The molecule has 2 aromatic carbocycles. The Morgan fingerprint density at radius 1 is 1.10 bits per heavy atom. The molecule has 1 heterocycles. The number of rotatable bonds is 3. The summed E-state index contributed by atoms with van der Waals surface area (Å²) in [6.45, 7) is 0.552. The maximum absolute atomic E-state index is 7.60. The van der Waals surface area contributed by atoms with Crippen LogP contribution >= 0.6 is 12.4 Å². The molecule has 0 unspecified atom stereocenters. The van der Waals surface area contributed by atoms with Crippen LogP contribution in [0.25, 0.3) is 11.0 Å². The van der Waals surface area contributed by atoms with E-state index in [-0.39, 0.29) is 18.2 Å². The second kappa shape index (κ2) is 5.71. The average Bonchev–Trinajstić information content (AvgIpc) is 2.83. The van der Waals surface area contributed by atoms with Gasteiger partial charge >= 0.3 is 0 Å². The molecule has 3 rings (SSSR count). The van der Waals surface area contributed by atoms with Crippen LogP contribution in [0.2, 0.25) is 0 Å². The minimum absolute atomic E-state index is 0. The third-order valence-electron chi connectivity index (χ3n) is 3.05. The summed E-state index contributed by atoms with van der Waals surface area (Å²) in [6.07, 6.45) is 0. The van der Waals surface area contributed by atoms with E-state index < -0.39 is 0 Å². The van der Waals surface area contributed by atoms with E-state index in [1.54, 1.807) is 0 Å². The summed E-state index contributed by atoms with van der Waals surface area (Å²) < 4.78 is 1.82.